The average molecular weight is 1310 g/mol. The molecule has 0 aromatic heterocycles. The molecule has 0 aliphatic heterocycles. The van der Waals surface area contributed by atoms with Crippen molar-refractivity contribution in [1.82, 2.24) is 0 Å². The summed E-state index contributed by atoms with van der Waals surface area (Å²) in [6.07, 6.45) is 101. The number of carbonyl (C=O) groups is 2. The summed E-state index contributed by atoms with van der Waals surface area (Å²) in [5, 5.41) is 0. The maximum atomic E-state index is 12.9. The maximum Gasteiger partial charge on any atom is 0.472 e. The SMILES string of the molecule is CC/C=C\C/C=C\C/C=C\C/C=C\C/C=C\CCCCCCCCCCCCCCCCCCCCCCCC(=O)OC(COC(=O)CCCCCCCCCCCCCCCCCC/C=C\C/C=C\C/C=C\CCCCCCC)COP(=O)(O)OCC[N+](C)(C)C. The third-order valence-electron chi connectivity index (χ3n) is 17.1. The number of ether oxygens (including phenoxy) is 2. The Morgan fingerprint density at radius 3 is 0.924 bits per heavy atom. The van der Waals surface area contributed by atoms with Crippen LogP contribution in [0.2, 0.25) is 0 Å². The molecule has 534 valence electrons. The first-order valence-electron chi connectivity index (χ1n) is 39.0. The Morgan fingerprint density at radius 2 is 0.620 bits per heavy atom. The molecule has 0 radical (unpaired) electrons. The number of quaternary nitrogens is 1. The highest BCUT2D eigenvalue weighted by Gasteiger charge is 2.27. The fourth-order valence-corrected chi connectivity index (χ4v) is 11.9. The van der Waals surface area contributed by atoms with E-state index in [9.17, 15) is 19.0 Å². The molecule has 0 bridgehead atoms. The van der Waals surface area contributed by atoms with E-state index in [1.54, 1.807) is 0 Å². The fourth-order valence-electron chi connectivity index (χ4n) is 11.2. The second-order valence-corrected chi connectivity index (χ2v) is 28.8. The van der Waals surface area contributed by atoms with Crippen molar-refractivity contribution in [2.45, 2.75) is 367 Å². The highest BCUT2D eigenvalue weighted by molar-refractivity contribution is 7.47. The third kappa shape index (κ3) is 76.0. The van der Waals surface area contributed by atoms with Crippen molar-refractivity contribution in [1.29, 1.82) is 0 Å². The van der Waals surface area contributed by atoms with Crippen molar-refractivity contribution in [2.24, 2.45) is 0 Å². The van der Waals surface area contributed by atoms with Gasteiger partial charge in [-0.25, -0.2) is 4.57 Å². The Balaban J connectivity index is 3.96. The van der Waals surface area contributed by atoms with Crippen molar-refractivity contribution >= 4 is 19.8 Å². The zero-order chi connectivity index (χ0) is 66.9. The summed E-state index contributed by atoms with van der Waals surface area (Å²) in [6.45, 7) is 4.36. The van der Waals surface area contributed by atoms with Crippen molar-refractivity contribution in [3.05, 3.63) is 97.2 Å². The van der Waals surface area contributed by atoms with Gasteiger partial charge >= 0.3 is 19.8 Å². The topological polar surface area (TPSA) is 108 Å². The lowest BCUT2D eigenvalue weighted by atomic mass is 10.0. The first kappa shape index (κ1) is 88.9. The number of allylic oxidation sites excluding steroid dienone is 16. The number of nitrogens with zero attached hydrogens (tertiary/aromatic N) is 1. The fraction of sp³-hybridized carbons (Fsp3) is 0.780. The molecule has 0 spiro atoms. The van der Waals surface area contributed by atoms with Crippen LogP contribution in [0.4, 0.5) is 0 Å². The summed E-state index contributed by atoms with van der Waals surface area (Å²) in [5.41, 5.74) is 0. The molecule has 0 saturated carbocycles. The number of likely N-dealkylation sites (N-methyl/N-ethyl adjacent to an activating group) is 1. The molecule has 0 rings (SSSR count). The molecule has 0 aromatic carbocycles. The predicted molar refractivity (Wildman–Crippen MR) is 399 cm³/mol. The van der Waals surface area contributed by atoms with Gasteiger partial charge in [-0.3, -0.25) is 18.6 Å². The largest absolute Gasteiger partial charge is 0.472 e. The highest BCUT2D eigenvalue weighted by atomic mass is 31.2. The van der Waals surface area contributed by atoms with Gasteiger partial charge in [0.2, 0.25) is 0 Å². The molecule has 0 saturated heterocycles. The van der Waals surface area contributed by atoms with E-state index in [4.69, 9.17) is 18.5 Å². The van der Waals surface area contributed by atoms with Gasteiger partial charge in [-0.1, -0.05) is 349 Å². The van der Waals surface area contributed by atoms with Crippen LogP contribution in [-0.4, -0.2) is 74.9 Å². The smallest absolute Gasteiger partial charge is 0.462 e. The average Bonchev–Trinajstić information content (AvgIpc) is 2.34. The van der Waals surface area contributed by atoms with Crippen LogP contribution in [0.5, 0.6) is 0 Å². The van der Waals surface area contributed by atoms with Gasteiger partial charge in [0.15, 0.2) is 6.10 Å². The number of esters is 2. The lowest BCUT2D eigenvalue weighted by molar-refractivity contribution is -0.870. The molecule has 0 aromatic rings. The van der Waals surface area contributed by atoms with Crippen LogP contribution >= 0.6 is 7.82 Å². The molecule has 0 heterocycles. The lowest BCUT2D eigenvalue weighted by Crippen LogP contribution is -2.37. The van der Waals surface area contributed by atoms with Crippen LogP contribution in [0, 0.1) is 0 Å². The lowest BCUT2D eigenvalue weighted by Gasteiger charge is -2.24. The number of unbranched alkanes of at least 4 members (excludes halogenated alkanes) is 42. The molecule has 2 atom stereocenters. The normalized spacial score (nSPS) is 13.6. The van der Waals surface area contributed by atoms with Crippen molar-refractivity contribution in [3.8, 4) is 0 Å². The predicted octanol–water partition coefficient (Wildman–Crippen LogP) is 25.8. The van der Waals surface area contributed by atoms with Gasteiger partial charge in [-0.2, -0.15) is 0 Å². The third-order valence-corrected chi connectivity index (χ3v) is 18.1. The first-order chi connectivity index (χ1) is 45.0. The minimum atomic E-state index is -4.40. The second-order valence-electron chi connectivity index (χ2n) is 27.4. The van der Waals surface area contributed by atoms with E-state index in [1.807, 2.05) is 21.1 Å². The van der Waals surface area contributed by atoms with Crippen LogP contribution in [0.15, 0.2) is 97.2 Å². The molecule has 1 N–H and O–H groups in total. The number of carbonyl (C=O) groups excluding carboxylic acids is 2. The van der Waals surface area contributed by atoms with Crippen molar-refractivity contribution in [3.63, 3.8) is 0 Å². The Hall–Kier alpha value is -3.07. The van der Waals surface area contributed by atoms with Gasteiger partial charge in [0.25, 0.3) is 0 Å². The van der Waals surface area contributed by atoms with Gasteiger partial charge in [0.05, 0.1) is 27.7 Å². The molecule has 9 nitrogen and oxygen atoms in total. The Bertz CT molecular complexity index is 1880. The van der Waals surface area contributed by atoms with Crippen LogP contribution in [0.25, 0.3) is 0 Å². The van der Waals surface area contributed by atoms with E-state index >= 15 is 0 Å². The summed E-state index contributed by atoms with van der Waals surface area (Å²) >= 11 is 0. The number of phosphoric acid groups is 1. The molecule has 2 unspecified atom stereocenters. The van der Waals surface area contributed by atoms with Crippen LogP contribution in [-0.2, 0) is 32.7 Å². The summed E-state index contributed by atoms with van der Waals surface area (Å²) in [6, 6.07) is 0. The summed E-state index contributed by atoms with van der Waals surface area (Å²) < 4.78 is 34.8. The minimum Gasteiger partial charge on any atom is -0.462 e. The molecule has 0 fully saturated rings. The van der Waals surface area contributed by atoms with E-state index in [0.717, 1.165) is 77.0 Å². The number of hydrogen-bond donors (Lipinski definition) is 1. The second kappa shape index (κ2) is 72.2. The Morgan fingerprint density at radius 1 is 0.348 bits per heavy atom. The standard InChI is InChI=1S/C82H148NO8P/c1-6-8-10-12-14-16-18-20-22-24-26-28-30-32-34-36-38-39-40-41-42-43-45-47-49-51-53-55-57-59-61-63-65-67-69-71-73-75-82(85)91-80(79-90-92(86,87)89-77-76-83(3,4)5)78-88-81(84)74-72-70-68-66-64-62-60-58-56-54-52-50-48-46-44-37-35-33-31-29-27-25-23-21-19-17-15-13-11-9-7-2/h8,10,14,16,19-22,25-28,31-34,80H,6-7,9,11-13,15,17-18,23-24,29-30,35-79H2,1-5H3/p+1/b10-8-,16-14-,21-19-,22-20-,27-25-,28-26-,33-31-,34-32-. The van der Waals surface area contributed by atoms with Gasteiger partial charge in [0.1, 0.15) is 19.8 Å². The Labute approximate surface area is 570 Å². The minimum absolute atomic E-state index is 0.0313. The quantitative estimate of drug-likeness (QED) is 0.0211. The van der Waals surface area contributed by atoms with Gasteiger partial charge in [0, 0.05) is 12.8 Å². The van der Waals surface area contributed by atoms with Gasteiger partial charge in [-0.05, 0) is 96.3 Å². The summed E-state index contributed by atoms with van der Waals surface area (Å²) in [5.74, 6) is -0.782. The number of rotatable bonds is 72. The van der Waals surface area contributed by atoms with Crippen molar-refractivity contribution < 1.29 is 42.1 Å². The highest BCUT2D eigenvalue weighted by Crippen LogP contribution is 2.43. The maximum absolute atomic E-state index is 12.9. The molecular weight excluding hydrogens is 1160 g/mol. The number of hydrogen-bond acceptors (Lipinski definition) is 7. The first-order valence-corrected chi connectivity index (χ1v) is 40.5. The zero-order valence-corrected chi connectivity index (χ0v) is 61.9. The van der Waals surface area contributed by atoms with Gasteiger partial charge < -0.3 is 18.9 Å². The summed E-state index contributed by atoms with van der Waals surface area (Å²) in [7, 11) is 1.49. The molecule has 92 heavy (non-hydrogen) atoms. The monoisotopic (exact) mass is 1310 g/mol. The van der Waals surface area contributed by atoms with E-state index in [1.165, 1.54) is 250 Å². The molecule has 10 heteroatoms. The molecule has 0 aliphatic carbocycles. The van der Waals surface area contributed by atoms with Crippen LogP contribution in [0.3, 0.4) is 0 Å². The van der Waals surface area contributed by atoms with Crippen LogP contribution < -0.4 is 0 Å². The van der Waals surface area contributed by atoms with E-state index in [2.05, 4.69) is 111 Å². The molecule has 0 amide bonds. The number of phosphoric ester groups is 1. The Kier molecular flexibility index (Phi) is 69.8. The summed E-state index contributed by atoms with van der Waals surface area (Å²) in [4.78, 5) is 36.0. The van der Waals surface area contributed by atoms with Crippen molar-refractivity contribution in [2.75, 3.05) is 47.5 Å². The zero-order valence-electron chi connectivity index (χ0n) is 61.0. The van der Waals surface area contributed by atoms with Crippen LogP contribution in [0.1, 0.15) is 361 Å². The van der Waals surface area contributed by atoms with E-state index < -0.39 is 26.5 Å². The molecular formula is C82H149NO8P+. The molecule has 0 aliphatic rings. The van der Waals surface area contributed by atoms with Gasteiger partial charge in [-0.15, -0.1) is 0 Å². The van der Waals surface area contributed by atoms with E-state index in [0.29, 0.717) is 17.4 Å². The van der Waals surface area contributed by atoms with E-state index in [-0.39, 0.29) is 32.0 Å².